The molecule has 2 atom stereocenters. The maximum absolute atomic E-state index is 8.56. The van der Waals surface area contributed by atoms with Gasteiger partial charge in [-0.15, -0.1) is 30.3 Å². The third kappa shape index (κ3) is 6.24. The van der Waals surface area contributed by atoms with Crippen LogP contribution in [0.5, 0.6) is 0 Å². The Bertz CT molecular complexity index is 657. The van der Waals surface area contributed by atoms with E-state index < -0.39 is 0 Å². The van der Waals surface area contributed by atoms with Gasteiger partial charge in [-0.25, -0.2) is 0 Å². The van der Waals surface area contributed by atoms with Crippen LogP contribution in [0, 0.1) is 6.07 Å². The van der Waals surface area contributed by atoms with E-state index in [1.165, 1.54) is 0 Å². The maximum Gasteiger partial charge on any atom is 0.141 e. The third-order valence-corrected chi connectivity index (χ3v) is 2.92. The first-order chi connectivity index (χ1) is 10.6. The van der Waals surface area contributed by atoms with Gasteiger partial charge in [0.1, 0.15) is 11.5 Å². The number of hydrogen-bond acceptors (Lipinski definition) is 4. The molecule has 2 unspecified atom stereocenters. The molecule has 1 aromatic heterocycles. The molecule has 1 radical (unpaired) electrons. The molecule has 0 spiro atoms. The van der Waals surface area contributed by atoms with Gasteiger partial charge in [-0.05, 0) is 32.4 Å². The largest absolute Gasteiger partial charge is 0.481 e. The minimum Gasteiger partial charge on any atom is -0.481 e. The molecule has 0 bridgehead atoms. The number of oxazole rings is 1. The number of benzene rings is 2. The van der Waals surface area contributed by atoms with Gasteiger partial charge in [0.05, 0.1) is 17.7 Å². The van der Waals surface area contributed by atoms with Gasteiger partial charge in [-0.1, -0.05) is 17.7 Å². The van der Waals surface area contributed by atoms with Crippen molar-refractivity contribution in [3.05, 3.63) is 54.6 Å². The van der Waals surface area contributed by atoms with Crippen molar-refractivity contribution < 1.29 is 34.7 Å². The van der Waals surface area contributed by atoms with E-state index in [9.17, 15) is 0 Å². The van der Waals surface area contributed by atoms with E-state index in [4.69, 9.17) is 14.6 Å². The van der Waals surface area contributed by atoms with Gasteiger partial charge in [-0.3, -0.25) is 4.98 Å². The summed E-state index contributed by atoms with van der Waals surface area (Å²) in [6, 6.07) is 18.5. The van der Waals surface area contributed by atoms with E-state index in [-0.39, 0.29) is 32.3 Å². The molecule has 2 aromatic carbocycles. The molecule has 0 saturated heterocycles. The van der Waals surface area contributed by atoms with E-state index in [0.29, 0.717) is 12.3 Å². The first-order valence-corrected chi connectivity index (χ1v) is 7.25. The van der Waals surface area contributed by atoms with Crippen LogP contribution in [0.1, 0.15) is 20.3 Å². The molecular formula is C18H20IrNO3-. The maximum atomic E-state index is 8.56. The van der Waals surface area contributed by atoms with Crippen LogP contribution in [-0.4, -0.2) is 27.4 Å². The number of hydrogen-bond donors (Lipinski definition) is 2. The van der Waals surface area contributed by atoms with Crippen LogP contribution in [0.2, 0.25) is 0 Å². The Labute approximate surface area is 149 Å². The molecular weight excluding hydrogens is 470 g/mol. The molecule has 0 saturated carbocycles. The predicted octanol–water partition coefficient (Wildman–Crippen LogP) is 3.43. The Balaban J connectivity index is 0.000000287. The number of aromatic nitrogens is 1. The summed E-state index contributed by atoms with van der Waals surface area (Å²) in [5.41, 5.74) is 2.57. The number of rotatable bonds is 3. The Kier molecular flexibility index (Phi) is 8.13. The van der Waals surface area contributed by atoms with Crippen molar-refractivity contribution in [3.8, 4) is 11.5 Å². The number of fused-ring (bicyclic) bond motifs is 1. The Morgan fingerprint density at radius 2 is 1.70 bits per heavy atom. The zero-order valence-electron chi connectivity index (χ0n) is 13.1. The monoisotopic (exact) mass is 491 g/mol. The summed E-state index contributed by atoms with van der Waals surface area (Å²) in [6.07, 6.45) is -0.278. The van der Waals surface area contributed by atoms with Crippen molar-refractivity contribution in [1.29, 1.82) is 0 Å². The smallest absolute Gasteiger partial charge is 0.141 e. The van der Waals surface area contributed by atoms with E-state index in [0.717, 1.165) is 16.7 Å². The average molecular weight is 491 g/mol. The molecule has 0 amide bonds. The van der Waals surface area contributed by atoms with Crippen molar-refractivity contribution in [2.45, 2.75) is 32.5 Å². The number of aliphatic hydroxyl groups excluding tert-OH is 2. The number of aliphatic hydroxyl groups is 2. The fourth-order valence-corrected chi connectivity index (χ4v) is 2.01. The second kappa shape index (κ2) is 9.58. The van der Waals surface area contributed by atoms with Gasteiger partial charge < -0.3 is 14.6 Å². The van der Waals surface area contributed by atoms with E-state index in [2.05, 4.69) is 11.1 Å². The zero-order chi connectivity index (χ0) is 15.9. The van der Waals surface area contributed by atoms with Gasteiger partial charge in [-0.2, -0.15) is 0 Å². The summed E-state index contributed by atoms with van der Waals surface area (Å²) >= 11 is 0. The van der Waals surface area contributed by atoms with Crippen molar-refractivity contribution in [2.24, 2.45) is 0 Å². The van der Waals surface area contributed by atoms with Crippen LogP contribution >= 0.6 is 0 Å². The van der Waals surface area contributed by atoms with Gasteiger partial charge >= 0.3 is 0 Å². The Hall–Kier alpha value is -1.52. The molecule has 3 rings (SSSR count). The van der Waals surface area contributed by atoms with Crippen LogP contribution in [-0.2, 0) is 20.1 Å². The van der Waals surface area contributed by atoms with Crippen molar-refractivity contribution in [1.82, 2.24) is 4.98 Å². The van der Waals surface area contributed by atoms with Gasteiger partial charge in [0.25, 0.3) is 0 Å². The van der Waals surface area contributed by atoms with Crippen LogP contribution in [0.15, 0.2) is 52.9 Å². The normalized spacial score (nSPS) is 12.7. The molecule has 1 heterocycles. The average Bonchev–Trinajstić information content (AvgIpc) is 2.91. The molecule has 4 nitrogen and oxygen atoms in total. The molecule has 2 N–H and O–H groups in total. The summed E-state index contributed by atoms with van der Waals surface area (Å²) in [5, 5.41) is 17.1. The quantitative estimate of drug-likeness (QED) is 0.552. The van der Waals surface area contributed by atoms with Gasteiger partial charge in [0.2, 0.25) is 0 Å². The van der Waals surface area contributed by atoms with Crippen LogP contribution < -0.4 is 0 Å². The first kappa shape index (κ1) is 19.5. The molecule has 0 aliphatic heterocycles. The molecule has 0 fully saturated rings. The molecule has 23 heavy (non-hydrogen) atoms. The summed E-state index contributed by atoms with van der Waals surface area (Å²) < 4.78 is 5.61. The van der Waals surface area contributed by atoms with Gasteiger partial charge in [0.15, 0.2) is 0 Å². The molecule has 5 heteroatoms. The predicted molar refractivity (Wildman–Crippen MR) is 86.3 cm³/mol. The van der Waals surface area contributed by atoms with E-state index >= 15 is 0 Å². The van der Waals surface area contributed by atoms with Crippen LogP contribution in [0.3, 0.4) is 0 Å². The number of nitrogens with zero attached hydrogens (tertiary/aromatic N) is 1. The summed E-state index contributed by atoms with van der Waals surface area (Å²) in [7, 11) is 0. The SMILES string of the molecule is CC(O)CC(C)O.[Ir].[c-]1ccccc1-c1nc2ccccc2o1. The Morgan fingerprint density at radius 3 is 2.22 bits per heavy atom. The summed E-state index contributed by atoms with van der Waals surface area (Å²) in [5.74, 6) is 0.622. The fourth-order valence-electron chi connectivity index (χ4n) is 2.01. The standard InChI is InChI=1S/C13H8NO.C5H12O2.Ir/c1-2-6-10(7-3-1)13-14-11-8-4-5-9-12(11)15-13;1-4(6)3-5(2)7;/h1-6,8-9H;4-7H,3H2,1-2H3;/q-1;;. The first-order valence-electron chi connectivity index (χ1n) is 7.25. The van der Waals surface area contributed by atoms with Crippen molar-refractivity contribution in [3.63, 3.8) is 0 Å². The minimum atomic E-state index is -0.375. The van der Waals surface area contributed by atoms with E-state index in [1.807, 2.05) is 48.5 Å². The third-order valence-electron chi connectivity index (χ3n) is 2.92. The Morgan fingerprint density at radius 1 is 1.04 bits per heavy atom. The fraction of sp³-hybridized carbons (Fsp3) is 0.278. The molecule has 0 aliphatic rings. The second-order valence-electron chi connectivity index (χ2n) is 5.20. The molecule has 0 aliphatic carbocycles. The van der Waals surface area contributed by atoms with Crippen molar-refractivity contribution in [2.75, 3.05) is 0 Å². The summed E-state index contributed by atoms with van der Waals surface area (Å²) in [6.45, 7) is 3.32. The number of para-hydroxylation sites is 2. The van der Waals surface area contributed by atoms with Crippen molar-refractivity contribution >= 4 is 11.1 Å². The topological polar surface area (TPSA) is 66.5 Å². The molecule has 125 valence electrons. The minimum absolute atomic E-state index is 0. The summed E-state index contributed by atoms with van der Waals surface area (Å²) in [4.78, 5) is 4.39. The van der Waals surface area contributed by atoms with Crippen LogP contribution in [0.4, 0.5) is 0 Å². The molecule has 3 aromatic rings. The van der Waals surface area contributed by atoms with Crippen LogP contribution in [0.25, 0.3) is 22.6 Å². The second-order valence-corrected chi connectivity index (χ2v) is 5.20. The van der Waals surface area contributed by atoms with E-state index in [1.54, 1.807) is 13.8 Å². The van der Waals surface area contributed by atoms with Gasteiger partial charge in [0, 0.05) is 20.1 Å². The zero-order valence-corrected chi connectivity index (χ0v) is 15.5.